The van der Waals surface area contributed by atoms with E-state index >= 15 is 0 Å². The van der Waals surface area contributed by atoms with Crippen molar-refractivity contribution in [3.8, 4) is 0 Å². The van der Waals surface area contributed by atoms with Crippen molar-refractivity contribution < 1.29 is 0 Å². The minimum Gasteiger partial charge on any atom is -0.176 e. The second kappa shape index (κ2) is 3.04. The fourth-order valence-corrected chi connectivity index (χ4v) is 3.30. The Balaban J connectivity index is 1.97. The summed E-state index contributed by atoms with van der Waals surface area (Å²) >= 11 is 4.54. The molecule has 11 heavy (non-hydrogen) atoms. The highest BCUT2D eigenvalue weighted by atomic mass is 32.1. The highest BCUT2D eigenvalue weighted by Crippen LogP contribution is 2.46. The van der Waals surface area contributed by atoms with Crippen LogP contribution in [-0.2, 0) is 0 Å². The summed E-state index contributed by atoms with van der Waals surface area (Å²) in [4.78, 5) is 0. The monoisotopic (exact) mass is 166 g/mol. The summed E-state index contributed by atoms with van der Waals surface area (Å²) in [5.41, 5.74) is 0. The maximum absolute atomic E-state index is 5.91. The molecule has 0 aliphatic heterocycles. The lowest BCUT2D eigenvalue weighted by Gasteiger charge is -2.29. The van der Waals surface area contributed by atoms with E-state index in [2.05, 4.69) is 12.6 Å². The molecule has 0 saturated heterocycles. The smallest absolute Gasteiger partial charge is 0.0699 e. The highest BCUT2D eigenvalue weighted by molar-refractivity contribution is 7.80. The molecule has 2 aliphatic carbocycles. The zero-order valence-corrected chi connectivity index (χ0v) is 7.76. The molecular weight excluding hydrogens is 151 g/mol. The minimum atomic E-state index is 0.495. The molecule has 4 atom stereocenters. The van der Waals surface area contributed by atoms with Crippen LogP contribution in [-0.4, -0.2) is 13.1 Å². The highest BCUT2D eigenvalue weighted by Gasteiger charge is 2.35. The lowest BCUT2D eigenvalue weighted by Crippen LogP contribution is -2.17. The predicted molar refractivity (Wildman–Crippen MR) is 52.3 cm³/mol. The molecule has 60 valence electrons. The lowest BCUT2D eigenvalue weighted by molar-refractivity contribution is 0.278. The van der Waals surface area contributed by atoms with Gasteiger partial charge in [-0.2, -0.15) is 12.6 Å². The van der Waals surface area contributed by atoms with E-state index in [0.717, 1.165) is 11.8 Å². The van der Waals surface area contributed by atoms with Crippen molar-refractivity contribution in [1.29, 1.82) is 0 Å². The molecule has 0 bridgehead atoms. The van der Waals surface area contributed by atoms with Crippen LogP contribution in [0.25, 0.3) is 0 Å². The molecular formula is C9H15BS. The third-order valence-electron chi connectivity index (χ3n) is 3.33. The van der Waals surface area contributed by atoms with Crippen molar-refractivity contribution in [3.05, 3.63) is 0 Å². The van der Waals surface area contributed by atoms with E-state index in [1.54, 1.807) is 0 Å². The molecule has 2 heteroatoms. The first-order chi connectivity index (χ1) is 5.25. The number of thiol groups is 1. The summed E-state index contributed by atoms with van der Waals surface area (Å²) in [6, 6.07) is 0. The Bertz CT molecular complexity index is 148. The first-order valence-corrected chi connectivity index (χ1v) is 5.21. The van der Waals surface area contributed by atoms with Crippen molar-refractivity contribution in [1.82, 2.24) is 0 Å². The molecule has 0 spiro atoms. The van der Waals surface area contributed by atoms with E-state index in [1.165, 1.54) is 32.1 Å². The van der Waals surface area contributed by atoms with Crippen LogP contribution in [0.1, 0.15) is 32.1 Å². The van der Waals surface area contributed by atoms with E-state index in [4.69, 9.17) is 7.85 Å². The van der Waals surface area contributed by atoms with Gasteiger partial charge < -0.3 is 0 Å². The van der Waals surface area contributed by atoms with Gasteiger partial charge in [-0.15, -0.1) is 0 Å². The van der Waals surface area contributed by atoms with Crippen LogP contribution in [0.15, 0.2) is 0 Å². The van der Waals surface area contributed by atoms with Gasteiger partial charge >= 0.3 is 0 Å². The van der Waals surface area contributed by atoms with Crippen molar-refractivity contribution in [2.45, 2.75) is 43.2 Å². The first-order valence-electron chi connectivity index (χ1n) is 4.69. The fraction of sp³-hybridized carbons (Fsp3) is 1.00. The van der Waals surface area contributed by atoms with Crippen LogP contribution in [0.5, 0.6) is 0 Å². The zero-order chi connectivity index (χ0) is 7.84. The maximum atomic E-state index is 5.91. The third kappa shape index (κ3) is 1.61. The van der Waals surface area contributed by atoms with Gasteiger partial charge in [0, 0.05) is 5.25 Å². The molecule has 0 heterocycles. The van der Waals surface area contributed by atoms with Gasteiger partial charge in [-0.1, -0.05) is 25.1 Å². The molecule has 0 amide bonds. The minimum absolute atomic E-state index is 0.495. The number of fused-ring (bicyclic) bond motifs is 1. The Hall–Kier alpha value is 0.415. The van der Waals surface area contributed by atoms with Crippen LogP contribution in [0.4, 0.5) is 0 Å². The Morgan fingerprint density at radius 3 is 2.55 bits per heavy atom. The van der Waals surface area contributed by atoms with Crippen LogP contribution >= 0.6 is 12.6 Å². The summed E-state index contributed by atoms with van der Waals surface area (Å²) in [7, 11) is 5.91. The van der Waals surface area contributed by atoms with Gasteiger partial charge in [-0.05, 0) is 24.7 Å². The van der Waals surface area contributed by atoms with Gasteiger partial charge in [0.15, 0.2) is 0 Å². The zero-order valence-electron chi connectivity index (χ0n) is 6.87. The van der Waals surface area contributed by atoms with Crippen molar-refractivity contribution in [2.24, 2.45) is 11.8 Å². The summed E-state index contributed by atoms with van der Waals surface area (Å²) in [5, 5.41) is 0.676. The summed E-state index contributed by atoms with van der Waals surface area (Å²) in [5.74, 6) is 2.38. The Labute approximate surface area is 76.0 Å². The molecule has 2 aliphatic rings. The van der Waals surface area contributed by atoms with E-state index in [-0.39, 0.29) is 0 Å². The van der Waals surface area contributed by atoms with Gasteiger partial charge in [-0.25, -0.2) is 0 Å². The van der Waals surface area contributed by atoms with Gasteiger partial charge in [-0.3, -0.25) is 0 Å². The predicted octanol–water partition coefficient (Wildman–Crippen LogP) is 2.45. The number of rotatable bonds is 0. The van der Waals surface area contributed by atoms with Gasteiger partial charge in [0.2, 0.25) is 0 Å². The normalized spacial score (nSPS) is 50.6. The summed E-state index contributed by atoms with van der Waals surface area (Å²) in [6.07, 6.45) is 6.55. The lowest BCUT2D eigenvalue weighted by atomic mass is 9.68. The van der Waals surface area contributed by atoms with Gasteiger partial charge in [0.1, 0.15) is 0 Å². The molecule has 2 rings (SSSR count). The molecule has 0 aromatic carbocycles. The van der Waals surface area contributed by atoms with E-state index in [9.17, 15) is 0 Å². The standard InChI is InChI=1S/C9H15BS/c10-8-2-1-6-4-9(11)5-7(6)3-8/h6-9,11H,1-5H2. The van der Waals surface area contributed by atoms with Crippen molar-refractivity contribution in [2.75, 3.05) is 0 Å². The summed E-state index contributed by atoms with van der Waals surface area (Å²) < 4.78 is 0. The van der Waals surface area contributed by atoms with Gasteiger partial charge in [0.25, 0.3) is 0 Å². The largest absolute Gasteiger partial charge is 0.176 e. The molecule has 4 unspecified atom stereocenters. The van der Waals surface area contributed by atoms with Crippen LogP contribution in [0.2, 0.25) is 5.82 Å². The molecule has 2 fully saturated rings. The fourth-order valence-electron chi connectivity index (χ4n) is 2.76. The summed E-state index contributed by atoms with van der Waals surface area (Å²) in [6.45, 7) is 0. The topological polar surface area (TPSA) is 0 Å². The quantitative estimate of drug-likeness (QED) is 0.414. The maximum Gasteiger partial charge on any atom is 0.0699 e. The third-order valence-corrected chi connectivity index (χ3v) is 3.75. The van der Waals surface area contributed by atoms with E-state index in [0.29, 0.717) is 11.1 Å². The van der Waals surface area contributed by atoms with Gasteiger partial charge in [0.05, 0.1) is 7.85 Å². The first kappa shape index (κ1) is 8.03. The average molecular weight is 166 g/mol. The SMILES string of the molecule is [B]C1CCC2CC(S)CC2C1. The Morgan fingerprint density at radius 2 is 1.73 bits per heavy atom. The van der Waals surface area contributed by atoms with Crippen molar-refractivity contribution in [3.63, 3.8) is 0 Å². The Morgan fingerprint density at radius 1 is 1.00 bits per heavy atom. The van der Waals surface area contributed by atoms with Crippen molar-refractivity contribution >= 4 is 20.5 Å². The Kier molecular flexibility index (Phi) is 2.22. The molecule has 2 radical (unpaired) electrons. The van der Waals surface area contributed by atoms with E-state index in [1.807, 2.05) is 0 Å². The van der Waals surface area contributed by atoms with Crippen LogP contribution in [0, 0.1) is 11.8 Å². The molecule has 0 N–H and O–H groups in total. The number of hydrogen-bond donors (Lipinski definition) is 1. The molecule has 2 saturated carbocycles. The number of hydrogen-bond acceptors (Lipinski definition) is 1. The van der Waals surface area contributed by atoms with Crippen LogP contribution < -0.4 is 0 Å². The molecule has 0 aromatic rings. The van der Waals surface area contributed by atoms with Crippen LogP contribution in [0.3, 0.4) is 0 Å². The molecule has 0 nitrogen and oxygen atoms in total. The second-order valence-electron chi connectivity index (χ2n) is 4.22. The van der Waals surface area contributed by atoms with E-state index < -0.39 is 0 Å². The second-order valence-corrected chi connectivity index (χ2v) is 4.95. The molecule has 0 aromatic heterocycles. The average Bonchev–Trinajstić information content (AvgIpc) is 2.27.